The van der Waals surface area contributed by atoms with Gasteiger partial charge in [0.25, 0.3) is 0 Å². The largest absolute Gasteiger partial charge is 0.497 e. The maximum absolute atomic E-state index is 16.0. The number of carbonyl (C=O) groups excluding carboxylic acids is 5. The van der Waals surface area contributed by atoms with E-state index in [-0.39, 0.29) is 25.2 Å². The van der Waals surface area contributed by atoms with Gasteiger partial charge in [0, 0.05) is 13.0 Å². The van der Waals surface area contributed by atoms with Crippen LogP contribution in [0.1, 0.15) is 126 Å². The van der Waals surface area contributed by atoms with Gasteiger partial charge in [0.2, 0.25) is 6.29 Å². The Hall–Kier alpha value is -4.79. The molecule has 1 aromatic carbocycles. The van der Waals surface area contributed by atoms with Crippen molar-refractivity contribution in [2.45, 2.75) is 280 Å². The SMILES string of the molecule is COC(=O)C1OC(OC2CCC3(C)C(CCC4(C)C3CC=C3C5CC(C)(C)CCC5(C(=O)OC5OC(C)C(OC(=O)C=Cc6ccc(OC)cc6)C(OC(C)=O)C5OC5OC(C)C(O)C(O)C5O)C(O)CC34C)C2(C)C=O)C(OC2OC(CO)C(O)C(O)C2O)C(OC2OCC(O)C(O)C2O)C1O. The molecule has 0 aromatic heterocycles. The summed E-state index contributed by atoms with van der Waals surface area (Å²) in [5.74, 6) is -4.55. The van der Waals surface area contributed by atoms with Gasteiger partial charge in [-0.05, 0) is 135 Å². The number of carbonyl (C=O) groups is 5. The molecule has 0 radical (unpaired) electrons. The van der Waals surface area contributed by atoms with E-state index in [1.54, 1.807) is 31.2 Å². The Bertz CT molecular complexity index is 3260. The quantitative estimate of drug-likeness (QED) is 0.0223. The lowest BCUT2D eigenvalue weighted by molar-refractivity contribution is -0.391. The van der Waals surface area contributed by atoms with Crippen LogP contribution in [-0.2, 0) is 85.6 Å². The van der Waals surface area contributed by atoms with Crippen LogP contribution in [0.5, 0.6) is 5.75 Å². The summed E-state index contributed by atoms with van der Waals surface area (Å²) < 4.78 is 84.4. The van der Waals surface area contributed by atoms with Crippen molar-refractivity contribution in [3.8, 4) is 5.75 Å². The molecule has 31 nitrogen and oxygen atoms in total. The predicted octanol–water partition coefficient (Wildman–Crippen LogP) is -0.343. The van der Waals surface area contributed by atoms with Gasteiger partial charge in [-0.15, -0.1) is 0 Å². The summed E-state index contributed by atoms with van der Waals surface area (Å²) in [6.45, 7) is 15.0. The van der Waals surface area contributed by atoms with Gasteiger partial charge in [-0.25, -0.2) is 9.59 Å². The number of aldehydes is 1. The molecule has 578 valence electrons. The molecule has 9 fully saturated rings. The van der Waals surface area contributed by atoms with Crippen LogP contribution in [0.2, 0.25) is 0 Å². The normalized spacial score (nSPS) is 48.1. The number of aliphatic hydroxyl groups is 12. The minimum absolute atomic E-state index is 0.0588. The second-order valence-electron chi connectivity index (χ2n) is 31.7. The van der Waals surface area contributed by atoms with Crippen LogP contribution in [0.25, 0.3) is 6.08 Å². The molecule has 5 heterocycles. The molecular formula is C72H104O31. The molecule has 1 aromatic rings. The number of aliphatic hydroxyl groups excluding tert-OH is 12. The number of ether oxygens (including phenoxy) is 14. The van der Waals surface area contributed by atoms with Gasteiger partial charge in [-0.3, -0.25) is 9.59 Å². The van der Waals surface area contributed by atoms with E-state index in [0.29, 0.717) is 49.8 Å². The van der Waals surface area contributed by atoms with E-state index in [1.807, 2.05) is 0 Å². The number of allylic oxidation sites excluding steroid dienone is 2. The van der Waals surface area contributed by atoms with Gasteiger partial charge in [0.1, 0.15) is 96.8 Å². The summed E-state index contributed by atoms with van der Waals surface area (Å²) >= 11 is 0. The second-order valence-corrected chi connectivity index (χ2v) is 31.7. The van der Waals surface area contributed by atoms with E-state index in [9.17, 15) is 80.5 Å². The Morgan fingerprint density at radius 3 is 1.87 bits per heavy atom. The van der Waals surface area contributed by atoms with E-state index in [1.165, 1.54) is 27.0 Å². The van der Waals surface area contributed by atoms with Crippen molar-refractivity contribution in [3.63, 3.8) is 0 Å². The van der Waals surface area contributed by atoms with Gasteiger partial charge < -0.3 is 132 Å². The van der Waals surface area contributed by atoms with Gasteiger partial charge >= 0.3 is 23.9 Å². The summed E-state index contributed by atoms with van der Waals surface area (Å²) in [5, 5.41) is 134. The Morgan fingerprint density at radius 2 is 1.23 bits per heavy atom. The smallest absolute Gasteiger partial charge is 0.337 e. The number of hydrogen-bond acceptors (Lipinski definition) is 31. The summed E-state index contributed by atoms with van der Waals surface area (Å²) in [6, 6.07) is 6.80. The van der Waals surface area contributed by atoms with Crippen molar-refractivity contribution >= 4 is 36.2 Å². The zero-order valence-corrected chi connectivity index (χ0v) is 59.8. The van der Waals surface area contributed by atoms with Crippen LogP contribution >= 0.6 is 0 Å². The van der Waals surface area contributed by atoms with E-state index >= 15 is 4.79 Å². The third-order valence-corrected chi connectivity index (χ3v) is 25.2. The van der Waals surface area contributed by atoms with Crippen molar-refractivity contribution in [3.05, 3.63) is 47.6 Å². The van der Waals surface area contributed by atoms with E-state index < -0.39 is 241 Å². The number of fused-ring (bicyclic) bond motifs is 7. The van der Waals surface area contributed by atoms with Crippen LogP contribution in [0.4, 0.5) is 0 Å². The second kappa shape index (κ2) is 30.3. The molecule has 0 spiro atoms. The molecule has 0 amide bonds. The number of hydrogen-bond donors (Lipinski definition) is 12. The first-order chi connectivity index (χ1) is 48.5. The van der Waals surface area contributed by atoms with Crippen molar-refractivity contribution in [2.75, 3.05) is 27.4 Å². The minimum atomic E-state index is -2.09. The molecule has 5 aliphatic carbocycles. The Labute approximate surface area is 596 Å². The predicted molar refractivity (Wildman–Crippen MR) is 349 cm³/mol. The zero-order chi connectivity index (χ0) is 75.1. The minimum Gasteiger partial charge on any atom is -0.497 e. The zero-order valence-electron chi connectivity index (χ0n) is 59.8. The summed E-state index contributed by atoms with van der Waals surface area (Å²) in [5.41, 5.74) is -4.07. The topological polar surface area (TPSA) is 457 Å². The average Bonchev–Trinajstić information content (AvgIpc) is 0.671. The first-order valence-corrected chi connectivity index (χ1v) is 35.6. The van der Waals surface area contributed by atoms with Crippen LogP contribution in [0, 0.1) is 50.2 Å². The molecular weight excluding hydrogens is 1360 g/mol. The third kappa shape index (κ3) is 14.2. The molecule has 34 unspecified atom stereocenters. The highest BCUT2D eigenvalue weighted by atomic mass is 16.8. The van der Waals surface area contributed by atoms with Gasteiger partial charge in [-0.2, -0.15) is 0 Å². The van der Waals surface area contributed by atoms with Crippen LogP contribution < -0.4 is 4.74 Å². The van der Waals surface area contributed by atoms with Crippen LogP contribution in [-0.4, -0.2) is 279 Å². The summed E-state index contributed by atoms with van der Waals surface area (Å²) in [6.07, 6.45) is -36.3. The Balaban J connectivity index is 0.894. The van der Waals surface area contributed by atoms with E-state index in [2.05, 4.69) is 40.7 Å². The van der Waals surface area contributed by atoms with Gasteiger partial charge in [0.15, 0.2) is 49.6 Å². The standard InChI is InChI=1S/C72H104O31/c1-31-45(79)48(82)51(85)62(93-31)102-59-57(95-33(3)75)54(98-44(78)19-14-34-12-15-35(90-10)16-13-34)32(2)94-64(59)103-66(89)72-25-24-67(4,5)26-37(72)36-17-18-41-68(6)22-21-43(69(7,30-74)40(68)20-23-70(41,8)71(36,9)27-42(72)77)97-65-58(101-63-52(86)49(83)47(81)39(28-73)96-63)55(53(87)56(100-65)60(88)91-11)99-61-50(84)46(80)38(76)29-92-61/h12-17,19,30-32,37-43,45-59,61-65,73,76-77,79-87H,18,20-29H2,1-11H3. The van der Waals surface area contributed by atoms with Gasteiger partial charge in [0.05, 0.1) is 57.3 Å². The Morgan fingerprint density at radius 1 is 0.602 bits per heavy atom. The summed E-state index contributed by atoms with van der Waals surface area (Å²) in [7, 11) is 2.53. The lowest BCUT2D eigenvalue weighted by Crippen LogP contribution is -2.69. The highest BCUT2D eigenvalue weighted by Gasteiger charge is 2.73. The first kappa shape index (κ1) is 79.3. The number of benzene rings is 1. The van der Waals surface area contributed by atoms with Crippen molar-refractivity contribution < 1.29 is 152 Å². The van der Waals surface area contributed by atoms with Gasteiger partial charge in [-0.1, -0.05) is 65.3 Å². The molecule has 31 heteroatoms. The fraction of sp³-hybridized carbons (Fsp3) is 0.792. The monoisotopic (exact) mass is 1460 g/mol. The fourth-order valence-corrected chi connectivity index (χ4v) is 19.1. The number of methoxy groups -OCH3 is 2. The van der Waals surface area contributed by atoms with Crippen molar-refractivity contribution in [1.82, 2.24) is 0 Å². The highest BCUT2D eigenvalue weighted by molar-refractivity contribution is 5.87. The highest BCUT2D eigenvalue weighted by Crippen LogP contribution is 2.76. The maximum atomic E-state index is 16.0. The number of rotatable bonds is 18. The summed E-state index contributed by atoms with van der Waals surface area (Å²) in [4.78, 5) is 70.9. The first-order valence-electron chi connectivity index (χ1n) is 35.6. The molecule has 11 rings (SSSR count). The van der Waals surface area contributed by atoms with E-state index in [0.717, 1.165) is 32.0 Å². The number of esters is 4. The molecule has 5 saturated heterocycles. The lowest BCUT2D eigenvalue weighted by Gasteiger charge is -2.71. The molecule has 4 saturated carbocycles. The van der Waals surface area contributed by atoms with Crippen LogP contribution in [0.3, 0.4) is 0 Å². The van der Waals surface area contributed by atoms with Crippen molar-refractivity contribution in [1.29, 1.82) is 0 Å². The molecule has 12 N–H and O–H groups in total. The third-order valence-electron chi connectivity index (χ3n) is 25.2. The molecule has 34 atom stereocenters. The Kier molecular flexibility index (Phi) is 23.3. The molecule has 5 aliphatic heterocycles. The molecule has 103 heavy (non-hydrogen) atoms. The maximum Gasteiger partial charge on any atom is 0.337 e. The van der Waals surface area contributed by atoms with Crippen LogP contribution in [0.15, 0.2) is 42.0 Å². The van der Waals surface area contributed by atoms with E-state index in [4.69, 9.17) is 66.3 Å². The molecule has 0 bridgehead atoms. The fourth-order valence-electron chi connectivity index (χ4n) is 19.1. The average molecular weight is 1470 g/mol. The van der Waals surface area contributed by atoms with Crippen molar-refractivity contribution in [2.24, 2.45) is 50.2 Å². The molecule has 10 aliphatic rings. The lowest BCUT2D eigenvalue weighted by atomic mass is 9.33.